The van der Waals surface area contributed by atoms with Gasteiger partial charge < -0.3 is 9.64 Å². The molecule has 0 saturated carbocycles. The Labute approximate surface area is 120 Å². The second-order valence-electron chi connectivity index (χ2n) is 5.58. The predicted molar refractivity (Wildman–Crippen MR) is 77.1 cm³/mol. The van der Waals surface area contributed by atoms with Crippen molar-refractivity contribution in [1.29, 1.82) is 0 Å². The maximum Gasteiger partial charge on any atom is 0.245 e. The topological polar surface area (TPSA) is 41.6 Å². The van der Waals surface area contributed by atoms with Gasteiger partial charge in [-0.1, -0.05) is 43.7 Å². The Morgan fingerprint density at radius 1 is 1.35 bits per heavy atom. The van der Waals surface area contributed by atoms with Crippen molar-refractivity contribution in [2.75, 3.05) is 13.2 Å². The number of amides is 1. The molecule has 20 heavy (non-hydrogen) atoms. The summed E-state index contributed by atoms with van der Waals surface area (Å²) in [6.07, 6.45) is 3.15. The van der Waals surface area contributed by atoms with Gasteiger partial charge in [0.05, 0.1) is 18.8 Å². The molecule has 1 amide bonds. The van der Waals surface area contributed by atoms with Crippen LogP contribution in [0.25, 0.3) is 0 Å². The van der Waals surface area contributed by atoms with Gasteiger partial charge in [-0.05, 0) is 18.4 Å². The van der Waals surface area contributed by atoms with E-state index in [-0.39, 0.29) is 24.2 Å². The van der Waals surface area contributed by atoms with Crippen molar-refractivity contribution in [2.45, 2.75) is 44.4 Å². The highest BCUT2D eigenvalue weighted by atomic mass is 16.5. The number of rotatable bonds is 4. The molecular weight excluding hydrogens is 252 g/mol. The zero-order chi connectivity index (χ0) is 13.9. The lowest BCUT2D eigenvalue weighted by Gasteiger charge is -2.28. The summed E-state index contributed by atoms with van der Waals surface area (Å²) in [5.74, 6) is 0.199. The van der Waals surface area contributed by atoms with E-state index in [1.807, 2.05) is 35.2 Å². The summed E-state index contributed by atoms with van der Waals surface area (Å²) in [6, 6.07) is 10.0. The minimum atomic E-state index is -0.201. The van der Waals surface area contributed by atoms with Gasteiger partial charge in [-0.3, -0.25) is 10.1 Å². The highest BCUT2D eigenvalue weighted by molar-refractivity contribution is 5.86. The third-order valence-corrected chi connectivity index (χ3v) is 4.19. The van der Waals surface area contributed by atoms with Crippen LogP contribution in [0.15, 0.2) is 30.3 Å². The number of hydrogen-bond acceptors (Lipinski definition) is 3. The zero-order valence-electron chi connectivity index (χ0n) is 11.9. The molecule has 3 atom stereocenters. The highest BCUT2D eigenvalue weighted by Gasteiger charge is 2.43. The smallest absolute Gasteiger partial charge is 0.245 e. The molecule has 3 rings (SSSR count). The molecule has 0 aliphatic carbocycles. The fourth-order valence-electron chi connectivity index (χ4n) is 3.20. The molecule has 0 bridgehead atoms. The molecule has 1 aromatic carbocycles. The van der Waals surface area contributed by atoms with Gasteiger partial charge in [0.2, 0.25) is 5.91 Å². The van der Waals surface area contributed by atoms with Gasteiger partial charge in [-0.15, -0.1) is 0 Å². The number of nitrogens with one attached hydrogen (secondary N) is 1. The highest BCUT2D eigenvalue weighted by Crippen LogP contribution is 2.30. The number of carbonyl (C=O) groups is 1. The number of nitrogens with zero attached hydrogens (tertiary/aromatic N) is 1. The van der Waals surface area contributed by atoms with Crippen molar-refractivity contribution in [2.24, 2.45) is 0 Å². The summed E-state index contributed by atoms with van der Waals surface area (Å²) >= 11 is 0. The molecule has 1 aromatic rings. The lowest BCUT2D eigenvalue weighted by Crippen LogP contribution is -2.44. The van der Waals surface area contributed by atoms with Crippen LogP contribution < -0.4 is 5.32 Å². The van der Waals surface area contributed by atoms with E-state index in [9.17, 15) is 4.79 Å². The van der Waals surface area contributed by atoms with Crippen LogP contribution >= 0.6 is 0 Å². The fourth-order valence-corrected chi connectivity index (χ4v) is 3.20. The van der Waals surface area contributed by atoms with E-state index in [2.05, 4.69) is 12.2 Å². The van der Waals surface area contributed by atoms with Crippen LogP contribution in [-0.2, 0) is 9.53 Å². The molecule has 2 heterocycles. The van der Waals surface area contributed by atoms with E-state index in [0.717, 1.165) is 31.4 Å². The summed E-state index contributed by atoms with van der Waals surface area (Å²) in [5.41, 5.74) is 1.06. The maximum atomic E-state index is 12.8. The molecule has 4 heteroatoms. The number of ether oxygens (including phenoxy) is 1. The first-order valence-corrected chi connectivity index (χ1v) is 7.52. The third kappa shape index (κ3) is 2.45. The standard InChI is InChI=1S/C16H22N2O2/c1-2-6-14-17-15(12-7-4-3-5-8-12)16(19)18(14)13-9-10-20-11-13/h3-5,7-8,13-15,17H,2,6,9-11H2,1H3. The molecule has 2 aliphatic rings. The lowest BCUT2D eigenvalue weighted by molar-refractivity contribution is -0.132. The van der Waals surface area contributed by atoms with Gasteiger partial charge in [-0.25, -0.2) is 0 Å². The molecule has 0 radical (unpaired) electrons. The molecule has 2 fully saturated rings. The van der Waals surface area contributed by atoms with Gasteiger partial charge in [-0.2, -0.15) is 0 Å². The molecule has 108 valence electrons. The first-order chi connectivity index (χ1) is 9.81. The van der Waals surface area contributed by atoms with Crippen LogP contribution in [0.4, 0.5) is 0 Å². The molecular formula is C16H22N2O2. The van der Waals surface area contributed by atoms with Crippen molar-refractivity contribution >= 4 is 5.91 Å². The minimum absolute atomic E-state index is 0.143. The SMILES string of the molecule is CCCC1NC(c2ccccc2)C(=O)N1C1CCOC1. The average molecular weight is 274 g/mol. The predicted octanol–water partition coefficient (Wildman–Crippen LogP) is 2.07. The summed E-state index contributed by atoms with van der Waals surface area (Å²) in [4.78, 5) is 14.8. The van der Waals surface area contributed by atoms with E-state index < -0.39 is 0 Å². The number of hydrogen-bond donors (Lipinski definition) is 1. The van der Waals surface area contributed by atoms with Crippen LogP contribution in [0.3, 0.4) is 0 Å². The molecule has 2 saturated heterocycles. The van der Waals surface area contributed by atoms with Crippen LogP contribution in [0.2, 0.25) is 0 Å². The van der Waals surface area contributed by atoms with Gasteiger partial charge in [0.1, 0.15) is 6.04 Å². The Bertz CT molecular complexity index is 457. The van der Waals surface area contributed by atoms with E-state index in [0.29, 0.717) is 6.61 Å². The molecule has 0 spiro atoms. The van der Waals surface area contributed by atoms with Gasteiger partial charge in [0, 0.05) is 6.61 Å². The lowest BCUT2D eigenvalue weighted by atomic mass is 10.1. The zero-order valence-corrected chi connectivity index (χ0v) is 11.9. The van der Waals surface area contributed by atoms with Gasteiger partial charge in [0.15, 0.2) is 0 Å². The van der Waals surface area contributed by atoms with E-state index in [1.54, 1.807) is 0 Å². The molecule has 0 aromatic heterocycles. The van der Waals surface area contributed by atoms with Crippen molar-refractivity contribution in [3.05, 3.63) is 35.9 Å². The van der Waals surface area contributed by atoms with Crippen LogP contribution in [0.5, 0.6) is 0 Å². The molecule has 4 nitrogen and oxygen atoms in total. The Morgan fingerprint density at radius 2 is 2.15 bits per heavy atom. The van der Waals surface area contributed by atoms with Crippen molar-refractivity contribution < 1.29 is 9.53 Å². The Kier molecular flexibility index (Phi) is 4.03. The maximum absolute atomic E-state index is 12.8. The third-order valence-electron chi connectivity index (χ3n) is 4.19. The number of carbonyl (C=O) groups excluding carboxylic acids is 1. The normalized spacial score (nSPS) is 30.1. The molecule has 2 aliphatic heterocycles. The monoisotopic (exact) mass is 274 g/mol. The first kappa shape index (κ1) is 13.6. The van der Waals surface area contributed by atoms with E-state index in [1.165, 1.54) is 0 Å². The number of benzene rings is 1. The summed E-state index contributed by atoms with van der Waals surface area (Å²) in [7, 11) is 0. The quantitative estimate of drug-likeness (QED) is 0.914. The van der Waals surface area contributed by atoms with E-state index in [4.69, 9.17) is 4.74 Å². The first-order valence-electron chi connectivity index (χ1n) is 7.52. The van der Waals surface area contributed by atoms with Gasteiger partial charge >= 0.3 is 0 Å². The summed E-state index contributed by atoms with van der Waals surface area (Å²) < 4.78 is 5.46. The Hall–Kier alpha value is -1.39. The molecule has 1 N–H and O–H groups in total. The van der Waals surface area contributed by atoms with Crippen LogP contribution in [0, 0.1) is 0 Å². The molecule has 3 unspecified atom stereocenters. The summed E-state index contributed by atoms with van der Waals surface area (Å²) in [5, 5.41) is 3.51. The second kappa shape index (κ2) is 5.94. The van der Waals surface area contributed by atoms with Crippen molar-refractivity contribution in [1.82, 2.24) is 10.2 Å². The second-order valence-corrected chi connectivity index (χ2v) is 5.58. The van der Waals surface area contributed by atoms with Crippen molar-refractivity contribution in [3.8, 4) is 0 Å². The Morgan fingerprint density at radius 3 is 2.80 bits per heavy atom. The largest absolute Gasteiger partial charge is 0.379 e. The fraction of sp³-hybridized carbons (Fsp3) is 0.562. The summed E-state index contributed by atoms with van der Waals surface area (Å²) in [6.45, 7) is 3.60. The Balaban J connectivity index is 1.83. The van der Waals surface area contributed by atoms with Gasteiger partial charge in [0.25, 0.3) is 0 Å². The van der Waals surface area contributed by atoms with E-state index >= 15 is 0 Å². The van der Waals surface area contributed by atoms with Crippen LogP contribution in [0.1, 0.15) is 37.8 Å². The minimum Gasteiger partial charge on any atom is -0.379 e. The van der Waals surface area contributed by atoms with Crippen molar-refractivity contribution in [3.63, 3.8) is 0 Å². The average Bonchev–Trinajstić information content (AvgIpc) is 3.08. The van der Waals surface area contributed by atoms with Crippen LogP contribution in [-0.4, -0.2) is 36.2 Å².